The van der Waals surface area contributed by atoms with Crippen LogP contribution in [-0.2, 0) is 0 Å². The van der Waals surface area contributed by atoms with Gasteiger partial charge in [0.1, 0.15) is 24.3 Å². The summed E-state index contributed by atoms with van der Waals surface area (Å²) in [5, 5.41) is 7.54. The van der Waals surface area contributed by atoms with Crippen LogP contribution in [0, 0.1) is 0 Å². The number of carbonyl (C=O) groups excluding carboxylic acids is 1. The van der Waals surface area contributed by atoms with Gasteiger partial charge in [0.05, 0.1) is 16.6 Å². The lowest BCUT2D eigenvalue weighted by molar-refractivity contribution is 0.0704. The van der Waals surface area contributed by atoms with Crippen LogP contribution in [0.15, 0.2) is 55.2 Å². The smallest absolute Gasteiger partial charge is 0.255 e. The number of nitrogens with one attached hydrogen (secondary N) is 1. The number of para-hydroxylation sites is 2. The predicted octanol–water partition coefficient (Wildman–Crippen LogP) is 2.56. The number of hydrogen-bond donors (Lipinski definition) is 1. The molecule has 0 bridgehead atoms. The van der Waals surface area contributed by atoms with E-state index in [1.165, 1.54) is 0 Å². The van der Waals surface area contributed by atoms with E-state index in [2.05, 4.69) is 20.2 Å². The van der Waals surface area contributed by atoms with Crippen LogP contribution in [0.4, 0.5) is 0 Å². The van der Waals surface area contributed by atoms with Gasteiger partial charge in [-0.05, 0) is 37.1 Å². The number of pyridine rings is 1. The van der Waals surface area contributed by atoms with E-state index >= 15 is 0 Å². The molecule has 0 spiro atoms. The third-order valence-electron chi connectivity index (χ3n) is 5.18. The summed E-state index contributed by atoms with van der Waals surface area (Å²) in [7, 11) is 0. The number of aromatic amines is 1. The number of amides is 1. The highest BCUT2D eigenvalue weighted by atomic mass is 16.2. The summed E-state index contributed by atoms with van der Waals surface area (Å²) in [5.41, 5.74) is 2.59. The first-order valence-corrected chi connectivity index (χ1v) is 9.33. The second-order valence-electron chi connectivity index (χ2n) is 7.00. The van der Waals surface area contributed by atoms with Gasteiger partial charge < -0.3 is 9.88 Å². The second-order valence-corrected chi connectivity index (χ2v) is 7.00. The Morgan fingerprint density at radius 2 is 1.96 bits per heavy atom. The average Bonchev–Trinajstić information content (AvgIpc) is 3.43. The van der Waals surface area contributed by atoms with Gasteiger partial charge in [-0.3, -0.25) is 9.36 Å². The lowest BCUT2D eigenvalue weighted by atomic mass is 9.97. The van der Waals surface area contributed by atoms with Crippen molar-refractivity contribution in [3.05, 3.63) is 66.6 Å². The number of imidazole rings is 1. The molecule has 1 aromatic carbocycles. The summed E-state index contributed by atoms with van der Waals surface area (Å²) in [4.78, 5) is 27.4. The molecule has 1 fully saturated rings. The molecule has 5 rings (SSSR count). The Hall–Kier alpha value is -3.55. The van der Waals surface area contributed by atoms with Crippen molar-refractivity contribution in [2.24, 2.45) is 0 Å². The maximum atomic E-state index is 13.0. The molecule has 8 nitrogen and oxygen atoms in total. The predicted molar refractivity (Wildman–Crippen MR) is 103 cm³/mol. The van der Waals surface area contributed by atoms with Crippen LogP contribution in [0.1, 0.15) is 34.9 Å². The summed E-state index contributed by atoms with van der Waals surface area (Å²) in [6.07, 6.45) is 6.75. The fourth-order valence-electron chi connectivity index (χ4n) is 3.72. The van der Waals surface area contributed by atoms with Gasteiger partial charge in [0.15, 0.2) is 0 Å². The third kappa shape index (κ3) is 3.02. The molecule has 4 aromatic rings. The van der Waals surface area contributed by atoms with Crippen molar-refractivity contribution in [3.8, 4) is 5.82 Å². The molecular weight excluding hydrogens is 354 g/mol. The zero-order valence-corrected chi connectivity index (χ0v) is 15.2. The molecule has 1 aliphatic heterocycles. The van der Waals surface area contributed by atoms with Crippen molar-refractivity contribution in [2.75, 3.05) is 13.1 Å². The highest BCUT2D eigenvalue weighted by molar-refractivity contribution is 5.94. The molecule has 1 atom stereocenters. The van der Waals surface area contributed by atoms with Crippen LogP contribution in [0.25, 0.3) is 16.9 Å². The topological polar surface area (TPSA) is 92.6 Å². The first kappa shape index (κ1) is 16.6. The van der Waals surface area contributed by atoms with E-state index in [-0.39, 0.29) is 11.8 Å². The molecule has 8 heteroatoms. The monoisotopic (exact) mass is 373 g/mol. The van der Waals surface area contributed by atoms with E-state index in [9.17, 15) is 4.79 Å². The number of likely N-dealkylation sites (tertiary alicyclic amines) is 1. The largest absolute Gasteiger partial charge is 0.342 e. The quantitative estimate of drug-likeness (QED) is 0.596. The number of aromatic nitrogens is 6. The summed E-state index contributed by atoms with van der Waals surface area (Å²) in [6.45, 7) is 1.41. The number of piperidine rings is 1. The fraction of sp³-hybridized carbons (Fsp3) is 0.250. The number of rotatable bonds is 3. The van der Waals surface area contributed by atoms with E-state index in [1.807, 2.05) is 29.2 Å². The molecule has 1 amide bonds. The van der Waals surface area contributed by atoms with E-state index in [1.54, 1.807) is 35.6 Å². The van der Waals surface area contributed by atoms with Crippen LogP contribution in [0.3, 0.4) is 0 Å². The Morgan fingerprint density at radius 1 is 1.11 bits per heavy atom. The molecule has 0 saturated carbocycles. The average molecular weight is 373 g/mol. The number of nitrogens with zero attached hydrogens (tertiary/aromatic N) is 6. The van der Waals surface area contributed by atoms with Gasteiger partial charge in [0.2, 0.25) is 0 Å². The number of fused-ring (bicyclic) bond motifs is 1. The van der Waals surface area contributed by atoms with Gasteiger partial charge in [-0.1, -0.05) is 12.1 Å². The number of benzene rings is 1. The summed E-state index contributed by atoms with van der Waals surface area (Å²) >= 11 is 0. The van der Waals surface area contributed by atoms with Crippen molar-refractivity contribution < 1.29 is 4.79 Å². The molecule has 4 heterocycles. The van der Waals surface area contributed by atoms with E-state index in [0.717, 1.165) is 36.2 Å². The lowest BCUT2D eigenvalue weighted by Crippen LogP contribution is -2.39. The Morgan fingerprint density at radius 3 is 2.75 bits per heavy atom. The van der Waals surface area contributed by atoms with E-state index in [0.29, 0.717) is 17.9 Å². The van der Waals surface area contributed by atoms with Crippen LogP contribution < -0.4 is 0 Å². The maximum absolute atomic E-state index is 13.0. The van der Waals surface area contributed by atoms with E-state index in [4.69, 9.17) is 4.98 Å². The normalized spacial score (nSPS) is 17.1. The molecule has 3 aromatic heterocycles. The molecule has 140 valence electrons. The Bertz CT molecular complexity index is 1070. The van der Waals surface area contributed by atoms with Gasteiger partial charge >= 0.3 is 0 Å². The highest BCUT2D eigenvalue weighted by Gasteiger charge is 2.27. The second kappa shape index (κ2) is 6.88. The van der Waals surface area contributed by atoms with Crippen molar-refractivity contribution in [1.29, 1.82) is 0 Å². The Labute approximate surface area is 161 Å². The molecule has 1 N–H and O–H groups in total. The van der Waals surface area contributed by atoms with Crippen molar-refractivity contribution >= 4 is 16.9 Å². The molecule has 0 unspecified atom stereocenters. The van der Waals surface area contributed by atoms with Crippen LogP contribution >= 0.6 is 0 Å². The van der Waals surface area contributed by atoms with Crippen molar-refractivity contribution in [1.82, 2.24) is 34.6 Å². The first-order valence-electron chi connectivity index (χ1n) is 9.33. The van der Waals surface area contributed by atoms with Gasteiger partial charge in [-0.2, -0.15) is 0 Å². The number of H-pyrrole nitrogens is 1. The molecule has 1 aliphatic rings. The van der Waals surface area contributed by atoms with Crippen molar-refractivity contribution in [2.45, 2.75) is 18.8 Å². The zero-order valence-electron chi connectivity index (χ0n) is 15.2. The van der Waals surface area contributed by atoms with E-state index < -0.39 is 0 Å². The standard InChI is InChI=1S/C20H19N7O/c28-20(14-7-8-18(21-10-14)27-12-22-23-13-27)26-9-3-4-15(11-26)19-24-16-5-1-2-6-17(16)25-19/h1-2,5-8,10,12-13,15H,3-4,9,11H2,(H,24,25)/t15-/m0/s1. The molecular formula is C20H19N7O. The fourth-order valence-corrected chi connectivity index (χ4v) is 3.72. The summed E-state index contributed by atoms with van der Waals surface area (Å²) < 4.78 is 1.70. The summed E-state index contributed by atoms with van der Waals surface area (Å²) in [5.74, 6) is 1.86. The highest BCUT2D eigenvalue weighted by Crippen LogP contribution is 2.27. The Balaban J connectivity index is 1.33. The Kier molecular flexibility index (Phi) is 4.08. The SMILES string of the molecule is O=C(c1ccc(-n2cnnc2)nc1)N1CCC[C@H](c2nc3ccccc3[nH]2)C1. The molecule has 28 heavy (non-hydrogen) atoms. The molecule has 0 radical (unpaired) electrons. The minimum Gasteiger partial charge on any atom is -0.342 e. The zero-order chi connectivity index (χ0) is 18.9. The lowest BCUT2D eigenvalue weighted by Gasteiger charge is -2.31. The van der Waals surface area contributed by atoms with Crippen LogP contribution in [-0.4, -0.2) is 53.6 Å². The number of carbonyl (C=O) groups is 1. The molecule has 1 saturated heterocycles. The van der Waals surface area contributed by atoms with Gasteiger partial charge in [0, 0.05) is 25.2 Å². The molecule has 0 aliphatic carbocycles. The first-order chi connectivity index (χ1) is 13.8. The summed E-state index contributed by atoms with van der Waals surface area (Å²) in [6, 6.07) is 11.6. The van der Waals surface area contributed by atoms with Crippen LogP contribution in [0.5, 0.6) is 0 Å². The van der Waals surface area contributed by atoms with Gasteiger partial charge in [-0.25, -0.2) is 9.97 Å². The van der Waals surface area contributed by atoms with Crippen molar-refractivity contribution in [3.63, 3.8) is 0 Å². The van der Waals surface area contributed by atoms with Gasteiger partial charge in [0.25, 0.3) is 5.91 Å². The third-order valence-corrected chi connectivity index (χ3v) is 5.18. The maximum Gasteiger partial charge on any atom is 0.255 e. The number of hydrogen-bond acceptors (Lipinski definition) is 5. The van der Waals surface area contributed by atoms with Crippen LogP contribution in [0.2, 0.25) is 0 Å². The minimum absolute atomic E-state index is 0.00335. The van der Waals surface area contributed by atoms with Gasteiger partial charge in [-0.15, -0.1) is 10.2 Å². The minimum atomic E-state index is 0.00335.